The van der Waals surface area contributed by atoms with E-state index in [1.54, 1.807) is 34.9 Å². The minimum atomic E-state index is -0.655. The number of para-hydroxylation sites is 1. The van der Waals surface area contributed by atoms with E-state index in [-0.39, 0.29) is 18.2 Å². The molecule has 0 aliphatic heterocycles. The molecule has 0 fully saturated rings. The second-order valence-corrected chi connectivity index (χ2v) is 5.21. The van der Waals surface area contributed by atoms with E-state index in [9.17, 15) is 14.9 Å². The molecule has 0 amide bonds. The zero-order valence-corrected chi connectivity index (χ0v) is 12.8. The number of Topliss-reactive ketones (excluding diaryl/α,β-unsaturated/α-hetero) is 1. The maximum atomic E-state index is 12.5. The number of benzene rings is 2. The first-order valence-electron chi connectivity index (χ1n) is 7.39. The lowest BCUT2D eigenvalue weighted by atomic mass is 10.1. The number of ether oxygens (including phenoxy) is 1. The molecule has 120 valence electrons. The lowest BCUT2D eigenvalue weighted by Gasteiger charge is -2.06. The predicted molar refractivity (Wildman–Crippen MR) is 87.4 cm³/mol. The quantitative estimate of drug-likeness (QED) is 0.230. The predicted octanol–water partition coefficient (Wildman–Crippen LogP) is 2.62. The van der Waals surface area contributed by atoms with Gasteiger partial charge in [0.05, 0.1) is 11.0 Å². The third-order valence-electron chi connectivity index (χ3n) is 3.61. The Labute approximate surface area is 138 Å². The van der Waals surface area contributed by atoms with Crippen molar-refractivity contribution in [2.45, 2.75) is 6.54 Å². The highest BCUT2D eigenvalue weighted by atomic mass is 16.7. The van der Waals surface area contributed by atoms with E-state index < -0.39 is 11.7 Å². The van der Waals surface area contributed by atoms with Crippen LogP contribution in [-0.4, -0.2) is 17.4 Å². The van der Waals surface area contributed by atoms with Gasteiger partial charge in [0, 0.05) is 17.0 Å². The molecule has 3 aromatic rings. The van der Waals surface area contributed by atoms with Gasteiger partial charge < -0.3 is 4.74 Å². The number of nitrogens with zero attached hydrogens (tertiary/aromatic N) is 2. The van der Waals surface area contributed by atoms with Gasteiger partial charge in [-0.3, -0.25) is 14.9 Å². The smallest absolute Gasteiger partial charge is 0.373 e. The number of fused-ring (bicyclic) bond motifs is 1. The number of carbonyl (C=O) groups excluding carboxylic acids is 1. The average molecular weight is 323 g/mol. The Morgan fingerprint density at radius 3 is 2.46 bits per heavy atom. The van der Waals surface area contributed by atoms with Gasteiger partial charge in [0.15, 0.2) is 0 Å². The topological polar surface area (TPSA) is 73.3 Å². The van der Waals surface area contributed by atoms with Gasteiger partial charge in [0.2, 0.25) is 17.8 Å². The van der Waals surface area contributed by atoms with E-state index in [0.29, 0.717) is 5.56 Å². The first kappa shape index (κ1) is 15.6. The molecule has 0 aliphatic carbocycles. The van der Waals surface area contributed by atoms with Gasteiger partial charge in [-0.05, 0) is 12.1 Å². The summed E-state index contributed by atoms with van der Waals surface area (Å²) in [6.45, 7) is -0.615. The van der Waals surface area contributed by atoms with Crippen LogP contribution in [0, 0.1) is 10.1 Å². The molecule has 0 saturated heterocycles. The minimum absolute atomic E-state index is 0.0401. The normalized spacial score (nSPS) is 10.5. The van der Waals surface area contributed by atoms with Crippen LogP contribution in [0.3, 0.4) is 0 Å². The van der Waals surface area contributed by atoms with Gasteiger partial charge in [-0.2, -0.15) is 4.57 Å². The molecule has 3 rings (SSSR count). The number of hydrogen-bond acceptors (Lipinski definition) is 4. The Morgan fingerprint density at radius 2 is 1.71 bits per heavy atom. The Hall–Kier alpha value is -3.28. The second kappa shape index (κ2) is 6.87. The molecule has 6 nitrogen and oxygen atoms in total. The Bertz CT molecular complexity index is 894. The van der Waals surface area contributed by atoms with Crippen molar-refractivity contribution in [3.8, 4) is 5.88 Å². The highest BCUT2D eigenvalue weighted by Gasteiger charge is 2.22. The largest absolute Gasteiger partial charge is 0.378 e. The van der Waals surface area contributed by atoms with Crippen LogP contribution in [0.2, 0.25) is 0 Å². The number of carbonyl (C=O) groups is 1. The standard InChI is InChI=1S/C18H15N2O4/c21-17(15-7-2-1-3-8-15)12-19-16-9-5-4-6-14(16)10-11-18(19)24-13-20(22)23/h1-11H,12-13H2/q+1. The fraction of sp³-hybridized carbons (Fsp3) is 0.111. The zero-order valence-electron chi connectivity index (χ0n) is 12.8. The van der Waals surface area contributed by atoms with Gasteiger partial charge in [0.1, 0.15) is 0 Å². The summed E-state index contributed by atoms with van der Waals surface area (Å²) in [5.41, 5.74) is 1.36. The molecule has 0 unspecified atom stereocenters. The summed E-state index contributed by atoms with van der Waals surface area (Å²) in [5.74, 6) is 0.192. The molecule has 0 saturated carbocycles. The molecule has 0 aliphatic rings. The van der Waals surface area contributed by atoms with Crippen LogP contribution in [0.5, 0.6) is 5.88 Å². The first-order valence-corrected chi connectivity index (χ1v) is 7.39. The number of pyridine rings is 1. The van der Waals surface area contributed by atoms with E-state index in [1.165, 1.54) is 0 Å². The van der Waals surface area contributed by atoms with E-state index in [4.69, 9.17) is 4.74 Å². The van der Waals surface area contributed by atoms with Crippen LogP contribution in [-0.2, 0) is 6.54 Å². The Morgan fingerprint density at radius 1 is 1.00 bits per heavy atom. The van der Waals surface area contributed by atoms with Gasteiger partial charge in [-0.25, -0.2) is 0 Å². The van der Waals surface area contributed by atoms with E-state index in [2.05, 4.69) is 0 Å². The molecule has 0 spiro atoms. The van der Waals surface area contributed by atoms with Crippen molar-refractivity contribution in [1.82, 2.24) is 0 Å². The van der Waals surface area contributed by atoms with Crippen LogP contribution >= 0.6 is 0 Å². The SMILES string of the molecule is O=C(C[n+]1c(OC[N+](=O)[O-])ccc2ccccc21)c1ccccc1. The zero-order chi connectivity index (χ0) is 16.9. The van der Waals surface area contributed by atoms with Crippen molar-refractivity contribution in [2.24, 2.45) is 0 Å². The average Bonchev–Trinajstić information content (AvgIpc) is 2.61. The maximum absolute atomic E-state index is 12.5. The van der Waals surface area contributed by atoms with Gasteiger partial charge >= 0.3 is 12.6 Å². The van der Waals surface area contributed by atoms with Crippen LogP contribution in [0.25, 0.3) is 10.9 Å². The third kappa shape index (κ3) is 3.38. The minimum Gasteiger partial charge on any atom is -0.378 e. The molecular weight excluding hydrogens is 308 g/mol. The molecule has 1 aromatic heterocycles. The highest BCUT2D eigenvalue weighted by Crippen LogP contribution is 2.15. The van der Waals surface area contributed by atoms with Crippen LogP contribution in [0.4, 0.5) is 0 Å². The van der Waals surface area contributed by atoms with Gasteiger partial charge in [-0.15, -0.1) is 0 Å². The van der Waals surface area contributed by atoms with Crippen molar-refractivity contribution in [3.63, 3.8) is 0 Å². The molecule has 0 N–H and O–H groups in total. The molecule has 6 heteroatoms. The molecule has 0 atom stereocenters. The number of ketones is 1. The monoisotopic (exact) mass is 323 g/mol. The second-order valence-electron chi connectivity index (χ2n) is 5.21. The number of aromatic nitrogens is 1. The van der Waals surface area contributed by atoms with Gasteiger partial charge in [-0.1, -0.05) is 42.5 Å². The van der Waals surface area contributed by atoms with Crippen LogP contribution in [0.15, 0.2) is 66.7 Å². The number of nitro groups is 1. The summed E-state index contributed by atoms with van der Waals surface area (Å²) in [4.78, 5) is 22.6. The third-order valence-corrected chi connectivity index (χ3v) is 3.61. The number of hydrogen-bond donors (Lipinski definition) is 0. The summed E-state index contributed by atoms with van der Waals surface area (Å²) in [7, 11) is 0. The summed E-state index contributed by atoms with van der Waals surface area (Å²) >= 11 is 0. The Kier molecular flexibility index (Phi) is 4.47. The number of rotatable bonds is 6. The fourth-order valence-electron chi connectivity index (χ4n) is 2.51. The van der Waals surface area contributed by atoms with Crippen molar-refractivity contribution in [2.75, 3.05) is 6.73 Å². The van der Waals surface area contributed by atoms with E-state index in [0.717, 1.165) is 10.9 Å². The summed E-state index contributed by atoms with van der Waals surface area (Å²) in [5, 5.41) is 11.5. The van der Waals surface area contributed by atoms with Crippen molar-refractivity contribution in [1.29, 1.82) is 0 Å². The Balaban J connectivity index is 2.01. The first-order chi connectivity index (χ1) is 11.6. The van der Waals surface area contributed by atoms with Crippen molar-refractivity contribution >= 4 is 16.7 Å². The molecule has 0 radical (unpaired) electrons. The van der Waals surface area contributed by atoms with Crippen LogP contribution in [0.1, 0.15) is 10.4 Å². The highest BCUT2D eigenvalue weighted by molar-refractivity contribution is 5.95. The van der Waals surface area contributed by atoms with E-state index in [1.807, 2.05) is 36.4 Å². The van der Waals surface area contributed by atoms with Crippen molar-refractivity contribution < 1.29 is 19.0 Å². The molecule has 2 aromatic carbocycles. The molecular formula is C18H15N2O4+. The van der Waals surface area contributed by atoms with Crippen molar-refractivity contribution in [3.05, 3.63) is 82.4 Å². The van der Waals surface area contributed by atoms with Gasteiger partial charge in [0.25, 0.3) is 0 Å². The summed E-state index contributed by atoms with van der Waals surface area (Å²) < 4.78 is 6.92. The lowest BCUT2D eigenvalue weighted by Crippen LogP contribution is -2.41. The summed E-state index contributed by atoms with van der Waals surface area (Å²) in [6, 6.07) is 19.9. The molecule has 0 bridgehead atoms. The van der Waals surface area contributed by atoms with E-state index >= 15 is 0 Å². The maximum Gasteiger partial charge on any atom is 0.373 e. The fourth-order valence-corrected chi connectivity index (χ4v) is 2.51. The lowest BCUT2D eigenvalue weighted by molar-refractivity contribution is -0.669. The molecule has 24 heavy (non-hydrogen) atoms. The molecule has 1 heterocycles. The summed E-state index contributed by atoms with van der Waals surface area (Å²) in [6.07, 6.45) is 0. The van der Waals surface area contributed by atoms with Crippen LogP contribution < -0.4 is 9.30 Å².